The van der Waals surface area contributed by atoms with Gasteiger partial charge in [0.2, 0.25) is 0 Å². The second-order valence-corrected chi connectivity index (χ2v) is 6.75. The summed E-state index contributed by atoms with van der Waals surface area (Å²) in [5, 5.41) is 0.448. The Labute approximate surface area is 151 Å². The van der Waals surface area contributed by atoms with Crippen molar-refractivity contribution >= 4 is 51.6 Å². The number of hydrogen-bond donors (Lipinski definition) is 1. The van der Waals surface area contributed by atoms with Crippen molar-refractivity contribution in [2.24, 2.45) is 0 Å². The summed E-state index contributed by atoms with van der Waals surface area (Å²) in [5.74, 6) is -0.417. The molecule has 0 bridgehead atoms. The van der Waals surface area contributed by atoms with Gasteiger partial charge in [0.25, 0.3) is 11.5 Å². The zero-order valence-corrected chi connectivity index (χ0v) is 15.3. The van der Waals surface area contributed by atoms with Gasteiger partial charge in [-0.2, -0.15) is 0 Å². The van der Waals surface area contributed by atoms with Crippen LogP contribution < -0.4 is 5.56 Å². The summed E-state index contributed by atoms with van der Waals surface area (Å²) in [4.78, 5) is 28.3. The predicted octanol–water partition coefficient (Wildman–Crippen LogP) is 3.91. The molecular formula is C17H13IN2O2S. The van der Waals surface area contributed by atoms with Gasteiger partial charge in [0.05, 0.1) is 10.9 Å². The van der Waals surface area contributed by atoms with Gasteiger partial charge < -0.3 is 4.98 Å². The van der Waals surface area contributed by atoms with E-state index in [9.17, 15) is 9.59 Å². The maximum absolute atomic E-state index is 12.7. The van der Waals surface area contributed by atoms with Gasteiger partial charge in [-0.05, 0) is 77.1 Å². The first-order valence-corrected chi connectivity index (χ1v) is 8.58. The zero-order valence-electron chi connectivity index (χ0n) is 12.3. The summed E-state index contributed by atoms with van der Waals surface area (Å²) in [6.45, 7) is 2.04. The lowest BCUT2D eigenvalue weighted by Gasteiger charge is -2.08. The molecule has 3 rings (SSSR count). The highest BCUT2D eigenvalue weighted by molar-refractivity contribution is 14.1. The number of benzene rings is 2. The Hall–Kier alpha value is -1.80. The van der Waals surface area contributed by atoms with Crippen molar-refractivity contribution in [3.05, 3.63) is 72.3 Å². The predicted molar refractivity (Wildman–Crippen MR) is 102 cm³/mol. The molecule has 2 aromatic carbocycles. The smallest absolute Gasteiger partial charge is 0.269 e. The third-order valence-corrected chi connectivity index (χ3v) is 4.63. The van der Waals surface area contributed by atoms with Crippen LogP contribution in [0.1, 0.15) is 22.8 Å². The molecule has 0 aliphatic heterocycles. The van der Waals surface area contributed by atoms with E-state index in [1.165, 1.54) is 0 Å². The summed E-state index contributed by atoms with van der Waals surface area (Å²) in [7, 11) is 0. The average Bonchev–Trinajstić information content (AvgIpc) is 2.55. The molecule has 0 radical (unpaired) electrons. The van der Waals surface area contributed by atoms with Crippen LogP contribution in [0.3, 0.4) is 0 Å². The number of rotatable bonds is 2. The summed E-state index contributed by atoms with van der Waals surface area (Å²) in [6.07, 6.45) is 0.892. The molecular weight excluding hydrogens is 423 g/mol. The van der Waals surface area contributed by atoms with Gasteiger partial charge in [0.1, 0.15) is 0 Å². The van der Waals surface area contributed by atoms with Crippen molar-refractivity contribution in [2.75, 3.05) is 0 Å². The van der Waals surface area contributed by atoms with Gasteiger partial charge in [0.15, 0.2) is 4.77 Å². The molecule has 23 heavy (non-hydrogen) atoms. The zero-order chi connectivity index (χ0) is 16.6. The van der Waals surface area contributed by atoms with Crippen molar-refractivity contribution in [2.45, 2.75) is 13.3 Å². The number of carbonyl (C=O) groups is 1. The first-order chi connectivity index (χ1) is 11.0. The molecule has 0 fully saturated rings. The van der Waals surface area contributed by atoms with E-state index in [1.54, 1.807) is 24.3 Å². The first-order valence-electron chi connectivity index (χ1n) is 7.09. The normalized spacial score (nSPS) is 10.9. The Kier molecular flexibility index (Phi) is 4.45. The minimum atomic E-state index is -0.417. The number of nitrogens with zero attached hydrogens (tertiary/aromatic N) is 1. The van der Waals surface area contributed by atoms with Crippen LogP contribution in [0.15, 0.2) is 47.3 Å². The van der Waals surface area contributed by atoms with Crippen LogP contribution >= 0.6 is 34.8 Å². The SMILES string of the molecule is CCc1ccc(C(=O)n2c(=S)[nH]c3ccc(I)cc3c2=O)cc1. The van der Waals surface area contributed by atoms with Crippen LogP contribution in [0.4, 0.5) is 0 Å². The number of aryl methyl sites for hydroxylation is 1. The van der Waals surface area contributed by atoms with Gasteiger partial charge in [-0.1, -0.05) is 19.1 Å². The molecule has 0 atom stereocenters. The Morgan fingerprint density at radius 1 is 1.22 bits per heavy atom. The molecule has 1 aromatic heterocycles. The minimum absolute atomic E-state index is 0.105. The lowest BCUT2D eigenvalue weighted by atomic mass is 10.1. The van der Waals surface area contributed by atoms with Gasteiger partial charge in [-0.15, -0.1) is 0 Å². The molecule has 4 nitrogen and oxygen atoms in total. The molecule has 1 N–H and O–H groups in total. The molecule has 3 aromatic rings. The molecule has 0 spiro atoms. The highest BCUT2D eigenvalue weighted by Crippen LogP contribution is 2.13. The van der Waals surface area contributed by atoms with Crippen LogP contribution in [0.5, 0.6) is 0 Å². The van der Waals surface area contributed by atoms with Crippen LogP contribution in [0, 0.1) is 8.34 Å². The van der Waals surface area contributed by atoms with Crippen LogP contribution in [0.2, 0.25) is 0 Å². The molecule has 0 saturated carbocycles. The number of H-pyrrole nitrogens is 1. The fourth-order valence-corrected chi connectivity index (χ4v) is 3.15. The van der Waals surface area contributed by atoms with E-state index >= 15 is 0 Å². The largest absolute Gasteiger partial charge is 0.331 e. The minimum Gasteiger partial charge on any atom is -0.331 e. The van der Waals surface area contributed by atoms with E-state index in [1.807, 2.05) is 25.1 Å². The number of nitrogens with one attached hydrogen (secondary N) is 1. The molecule has 0 unspecified atom stereocenters. The monoisotopic (exact) mass is 436 g/mol. The maximum Gasteiger partial charge on any atom is 0.269 e. The van der Waals surface area contributed by atoms with E-state index in [-0.39, 0.29) is 4.77 Å². The number of aromatic amines is 1. The molecule has 1 heterocycles. The van der Waals surface area contributed by atoms with Crippen molar-refractivity contribution in [1.82, 2.24) is 9.55 Å². The Balaban J connectivity index is 2.20. The third-order valence-electron chi connectivity index (χ3n) is 3.67. The van der Waals surface area contributed by atoms with E-state index in [0.717, 1.165) is 20.1 Å². The highest BCUT2D eigenvalue weighted by Gasteiger charge is 2.14. The van der Waals surface area contributed by atoms with Gasteiger partial charge in [-0.25, -0.2) is 4.57 Å². The Morgan fingerprint density at radius 2 is 1.91 bits per heavy atom. The summed E-state index contributed by atoms with van der Waals surface area (Å²) in [5.41, 5.74) is 1.80. The Morgan fingerprint density at radius 3 is 2.57 bits per heavy atom. The highest BCUT2D eigenvalue weighted by atomic mass is 127. The van der Waals surface area contributed by atoms with Crippen molar-refractivity contribution < 1.29 is 4.79 Å². The lowest BCUT2D eigenvalue weighted by molar-refractivity contribution is 0.0953. The van der Waals surface area contributed by atoms with Crippen molar-refractivity contribution in [3.63, 3.8) is 0 Å². The fraction of sp³-hybridized carbons (Fsp3) is 0.118. The van der Waals surface area contributed by atoms with Crippen LogP contribution in [-0.4, -0.2) is 15.5 Å². The maximum atomic E-state index is 12.7. The van der Waals surface area contributed by atoms with Gasteiger partial charge in [-0.3, -0.25) is 9.59 Å². The number of hydrogen-bond acceptors (Lipinski definition) is 3. The van der Waals surface area contributed by atoms with Crippen molar-refractivity contribution in [3.8, 4) is 0 Å². The lowest BCUT2D eigenvalue weighted by Crippen LogP contribution is -2.29. The topological polar surface area (TPSA) is 54.9 Å². The third kappa shape index (κ3) is 3.00. The molecule has 0 amide bonds. The van der Waals surface area contributed by atoms with E-state index < -0.39 is 11.5 Å². The quantitative estimate of drug-likeness (QED) is 0.490. The molecule has 116 valence electrons. The fourth-order valence-electron chi connectivity index (χ4n) is 2.38. The molecule has 0 saturated heterocycles. The average molecular weight is 436 g/mol. The first kappa shape index (κ1) is 16.1. The van der Waals surface area contributed by atoms with Crippen LogP contribution in [0.25, 0.3) is 10.9 Å². The number of carbonyl (C=O) groups excluding carboxylic acids is 1. The Bertz CT molecular complexity index is 1020. The number of aromatic nitrogens is 2. The summed E-state index contributed by atoms with van der Waals surface area (Å²) < 4.78 is 2.05. The van der Waals surface area contributed by atoms with Crippen molar-refractivity contribution in [1.29, 1.82) is 0 Å². The second kappa shape index (κ2) is 6.37. The van der Waals surface area contributed by atoms with E-state index in [0.29, 0.717) is 16.5 Å². The number of fused-ring (bicyclic) bond motifs is 1. The van der Waals surface area contributed by atoms with Gasteiger partial charge in [0, 0.05) is 9.13 Å². The molecule has 6 heteroatoms. The molecule has 0 aliphatic carbocycles. The summed E-state index contributed by atoms with van der Waals surface area (Å²) in [6, 6.07) is 12.6. The summed E-state index contributed by atoms with van der Waals surface area (Å²) >= 11 is 7.34. The van der Waals surface area contributed by atoms with Crippen LogP contribution in [-0.2, 0) is 6.42 Å². The standard InChI is InChI=1S/C17H13IN2O2S/c1-2-10-3-5-11(6-4-10)15(21)20-16(22)13-9-12(18)7-8-14(13)19-17(20)23/h3-9H,2H2,1H3,(H,19,23). The second-order valence-electron chi connectivity index (χ2n) is 5.12. The van der Waals surface area contributed by atoms with E-state index in [2.05, 4.69) is 27.6 Å². The van der Waals surface area contributed by atoms with Gasteiger partial charge >= 0.3 is 0 Å². The number of halogens is 1. The molecule has 0 aliphatic rings. The van der Waals surface area contributed by atoms with E-state index in [4.69, 9.17) is 12.2 Å².